The number of likely N-dealkylation sites (tertiary alicyclic amines) is 1. The number of nitro groups is 2. The van der Waals surface area contributed by atoms with E-state index >= 15 is 0 Å². The molecule has 316 valence electrons. The number of anilines is 1. The summed E-state index contributed by atoms with van der Waals surface area (Å²) in [5, 5.41) is 24.5. The van der Waals surface area contributed by atoms with E-state index in [4.69, 9.17) is 11.6 Å². The van der Waals surface area contributed by atoms with Gasteiger partial charge in [0.1, 0.15) is 12.1 Å². The number of halogens is 1. The molecule has 18 heteroatoms. The topological polar surface area (TPSA) is 213 Å². The number of pyridine rings is 1. The number of carbonyl (C=O) groups excluding carboxylic acids is 2. The fraction of sp³-hybridized carbons (Fsp3) is 0.262. The van der Waals surface area contributed by atoms with E-state index in [1.165, 1.54) is 65.0 Å². The van der Waals surface area contributed by atoms with Crippen LogP contribution in [0.1, 0.15) is 75.1 Å². The number of rotatable bonds is 9. The highest BCUT2D eigenvalue weighted by molar-refractivity contribution is 7.90. The molecule has 1 fully saturated rings. The van der Waals surface area contributed by atoms with Gasteiger partial charge in [-0.25, -0.2) is 27.3 Å². The Hall–Kier alpha value is -6.59. The van der Waals surface area contributed by atoms with Gasteiger partial charge in [0.05, 0.1) is 20.4 Å². The molecular weight excluding hydrogens is 812 g/mol. The van der Waals surface area contributed by atoms with Crippen molar-refractivity contribution in [3.63, 3.8) is 0 Å². The normalized spacial score (nSPS) is 13.0. The molecule has 7 rings (SSSR count). The molecule has 0 radical (unpaired) electrons. The first-order chi connectivity index (χ1) is 28.9. The molecule has 3 aromatic heterocycles. The van der Waals surface area contributed by atoms with Crippen molar-refractivity contribution in [2.24, 2.45) is 0 Å². The van der Waals surface area contributed by atoms with Crippen molar-refractivity contribution < 1.29 is 27.9 Å². The highest BCUT2D eigenvalue weighted by Crippen LogP contribution is 2.27. The lowest BCUT2D eigenvalue weighted by molar-refractivity contribution is -0.385. The molecule has 4 heterocycles. The Morgan fingerprint density at radius 2 is 1.37 bits per heavy atom. The van der Waals surface area contributed by atoms with Crippen LogP contribution in [0.2, 0.25) is 0 Å². The second kappa shape index (κ2) is 23.1. The average molecular weight is 859 g/mol. The molecule has 1 aliphatic heterocycles. The zero-order valence-electron chi connectivity index (χ0n) is 34.1. The number of hydrogen-bond donors (Lipinski definition) is 1. The number of piperidine rings is 1. The van der Waals surface area contributed by atoms with Gasteiger partial charge >= 0.3 is 0 Å². The lowest BCUT2D eigenvalue weighted by atomic mass is 10.0. The van der Waals surface area contributed by atoms with Gasteiger partial charge in [0.2, 0.25) is 0 Å². The predicted octanol–water partition coefficient (Wildman–Crippen LogP) is 9.41. The van der Waals surface area contributed by atoms with Crippen LogP contribution in [0.5, 0.6) is 0 Å². The standard InChI is InChI=1S/C29H25N7O5S.C7H4ClNO3.3C2H6/c37-29(20-8-10-24(11-9-20)36(38)39)34-13-4-5-23(18-34)33-27-16-26(31-19-32-27)22-15-21-12-14-35(28(21)30-17-22)42(40,41)25-6-2-1-3-7-25;8-7(10)5-1-3-6(4-2-5)9(11)12;3*1-2/h1-3,6-12,14-17,19,23H,4-5,13,18H2,(H,31,32,33);1-4H;3*1-2H3. The summed E-state index contributed by atoms with van der Waals surface area (Å²) in [4.78, 5) is 58.7. The second-order valence-corrected chi connectivity index (χ2v) is 14.1. The SMILES string of the molecule is CC.CC.CC.O=C(Cl)c1ccc([N+](=O)[O-])cc1.O=C(c1ccc([N+](=O)[O-])cc1)N1CCCC(Nc2cc(-c3cnc4c(ccn4S(=O)(=O)c4ccccc4)c3)ncn2)C1. The van der Waals surface area contributed by atoms with E-state index < -0.39 is 25.1 Å². The maximum absolute atomic E-state index is 13.1. The first-order valence-electron chi connectivity index (χ1n) is 19.3. The van der Waals surface area contributed by atoms with Gasteiger partial charge in [0, 0.05) is 83.9 Å². The fourth-order valence-electron chi connectivity index (χ4n) is 5.75. The molecule has 0 spiro atoms. The van der Waals surface area contributed by atoms with Crippen LogP contribution in [0, 0.1) is 20.2 Å². The lowest BCUT2D eigenvalue weighted by Gasteiger charge is -2.33. The second-order valence-electron chi connectivity index (χ2n) is 12.0. The molecule has 60 heavy (non-hydrogen) atoms. The molecule has 1 saturated heterocycles. The van der Waals surface area contributed by atoms with Crippen LogP contribution >= 0.6 is 11.6 Å². The van der Waals surface area contributed by atoms with Gasteiger partial charge in [-0.1, -0.05) is 59.7 Å². The minimum atomic E-state index is -3.79. The summed E-state index contributed by atoms with van der Waals surface area (Å²) in [5.74, 6) is 0.402. The molecule has 1 aliphatic rings. The van der Waals surface area contributed by atoms with Crippen molar-refractivity contribution in [3.8, 4) is 11.3 Å². The van der Waals surface area contributed by atoms with Crippen LogP contribution in [0.25, 0.3) is 22.3 Å². The third kappa shape index (κ3) is 12.2. The number of hydrogen-bond acceptors (Lipinski definition) is 12. The molecule has 16 nitrogen and oxygen atoms in total. The summed E-state index contributed by atoms with van der Waals surface area (Å²) < 4.78 is 27.4. The number of non-ortho nitro benzene ring substituents is 2. The monoisotopic (exact) mass is 858 g/mol. The van der Waals surface area contributed by atoms with Crippen molar-refractivity contribution in [1.82, 2.24) is 23.8 Å². The summed E-state index contributed by atoms with van der Waals surface area (Å²) in [6, 6.07) is 24.2. The summed E-state index contributed by atoms with van der Waals surface area (Å²) in [7, 11) is -3.79. The quantitative estimate of drug-likeness (QED) is 0.0818. The molecule has 0 saturated carbocycles. The van der Waals surface area contributed by atoms with Crippen LogP contribution in [0.3, 0.4) is 0 Å². The summed E-state index contributed by atoms with van der Waals surface area (Å²) in [5.41, 5.74) is 2.15. The smallest absolute Gasteiger partial charge is 0.269 e. The van der Waals surface area contributed by atoms with Crippen LogP contribution < -0.4 is 5.32 Å². The molecule has 6 aromatic rings. The van der Waals surface area contributed by atoms with Crippen molar-refractivity contribution in [1.29, 1.82) is 0 Å². The van der Waals surface area contributed by atoms with Crippen molar-refractivity contribution in [3.05, 3.63) is 147 Å². The van der Waals surface area contributed by atoms with E-state index in [2.05, 4.69) is 20.3 Å². The summed E-state index contributed by atoms with van der Waals surface area (Å²) in [6.07, 6.45) is 6.13. The Morgan fingerprint density at radius 3 is 1.93 bits per heavy atom. The van der Waals surface area contributed by atoms with E-state index in [0.29, 0.717) is 46.8 Å². The minimum absolute atomic E-state index is 0.0543. The van der Waals surface area contributed by atoms with Crippen molar-refractivity contribution in [2.75, 3.05) is 18.4 Å². The number of nitrogens with zero attached hydrogens (tertiary/aromatic N) is 7. The largest absolute Gasteiger partial charge is 0.365 e. The van der Waals surface area contributed by atoms with Crippen LogP contribution in [-0.2, 0) is 10.0 Å². The van der Waals surface area contributed by atoms with Crippen molar-refractivity contribution in [2.45, 2.75) is 65.3 Å². The van der Waals surface area contributed by atoms with Gasteiger partial charge in [-0.15, -0.1) is 0 Å². The Balaban J connectivity index is 0.000000451. The average Bonchev–Trinajstić information content (AvgIpc) is 3.73. The molecule has 1 N–H and O–H groups in total. The van der Waals surface area contributed by atoms with Gasteiger partial charge < -0.3 is 10.2 Å². The van der Waals surface area contributed by atoms with E-state index in [-0.39, 0.29) is 33.8 Å². The van der Waals surface area contributed by atoms with Gasteiger partial charge in [0.25, 0.3) is 32.5 Å². The van der Waals surface area contributed by atoms with Crippen molar-refractivity contribution >= 4 is 61.0 Å². The molecule has 1 amide bonds. The molecule has 0 aliphatic carbocycles. The van der Waals surface area contributed by atoms with E-state index in [1.54, 1.807) is 53.6 Å². The van der Waals surface area contributed by atoms with Gasteiger partial charge in [-0.05, 0) is 73.0 Å². The number of fused-ring (bicyclic) bond motifs is 1. The van der Waals surface area contributed by atoms with Crippen LogP contribution in [-0.4, -0.2) is 72.4 Å². The number of carbonyl (C=O) groups is 2. The molecule has 0 bridgehead atoms. The lowest BCUT2D eigenvalue weighted by Crippen LogP contribution is -2.45. The zero-order valence-corrected chi connectivity index (χ0v) is 35.6. The Bertz CT molecular complexity index is 2430. The van der Waals surface area contributed by atoms with Gasteiger partial charge in [0.15, 0.2) is 5.65 Å². The fourth-order valence-corrected chi connectivity index (χ4v) is 7.20. The highest BCUT2D eigenvalue weighted by Gasteiger charge is 2.26. The number of benzene rings is 3. The highest BCUT2D eigenvalue weighted by atomic mass is 35.5. The van der Waals surface area contributed by atoms with Crippen LogP contribution in [0.15, 0.2) is 121 Å². The third-order valence-electron chi connectivity index (χ3n) is 8.45. The maximum atomic E-state index is 13.1. The molecule has 1 unspecified atom stereocenters. The van der Waals surface area contributed by atoms with E-state index in [1.807, 2.05) is 47.6 Å². The first kappa shape index (κ1) is 47.8. The molecule has 3 aromatic carbocycles. The van der Waals surface area contributed by atoms with E-state index in [0.717, 1.165) is 12.8 Å². The van der Waals surface area contributed by atoms with Crippen LogP contribution in [0.4, 0.5) is 17.2 Å². The third-order valence-corrected chi connectivity index (χ3v) is 10.3. The summed E-state index contributed by atoms with van der Waals surface area (Å²) >= 11 is 5.13. The number of aromatic nitrogens is 4. The molecule has 1 atom stereocenters. The maximum Gasteiger partial charge on any atom is 0.269 e. The van der Waals surface area contributed by atoms with Gasteiger partial charge in [-0.2, -0.15) is 0 Å². The summed E-state index contributed by atoms with van der Waals surface area (Å²) in [6.45, 7) is 13.0. The predicted molar refractivity (Wildman–Crippen MR) is 233 cm³/mol. The number of nitro benzene ring substituents is 2. The molecular formula is C42H47ClN8O8S. The minimum Gasteiger partial charge on any atom is -0.365 e. The first-order valence-corrected chi connectivity index (χ1v) is 21.1. The van der Waals surface area contributed by atoms with Gasteiger partial charge in [-0.3, -0.25) is 29.8 Å². The van der Waals surface area contributed by atoms with E-state index in [9.17, 15) is 38.2 Å². The number of nitrogens with one attached hydrogen (secondary N) is 1. The zero-order chi connectivity index (χ0) is 44.4. The Morgan fingerprint density at radius 1 is 0.783 bits per heavy atom. The Kier molecular flexibility index (Phi) is 18.4. The number of amides is 1. The Labute approximate surface area is 353 Å².